The lowest BCUT2D eigenvalue weighted by molar-refractivity contribution is 0.474. The third-order valence-electron chi connectivity index (χ3n) is 3.81. The highest BCUT2D eigenvalue weighted by Crippen LogP contribution is 2.11. The summed E-state index contributed by atoms with van der Waals surface area (Å²) in [6, 6.07) is 13.1. The van der Waals surface area contributed by atoms with E-state index in [0.717, 1.165) is 11.1 Å². The summed E-state index contributed by atoms with van der Waals surface area (Å²) in [6.45, 7) is 0.902. The van der Waals surface area contributed by atoms with E-state index < -0.39 is 10.0 Å². The Labute approximate surface area is 153 Å². The molecule has 0 amide bonds. The van der Waals surface area contributed by atoms with Crippen molar-refractivity contribution in [3.63, 3.8) is 0 Å². The third-order valence-corrected chi connectivity index (χ3v) is 5.22. The van der Waals surface area contributed by atoms with E-state index in [9.17, 15) is 12.8 Å². The quantitative estimate of drug-likeness (QED) is 0.595. The smallest absolute Gasteiger partial charge is 0.240 e. The number of hydrogen-bond donors (Lipinski definition) is 2. The number of rotatable bonds is 6. The Morgan fingerprint density at radius 3 is 2.50 bits per heavy atom. The zero-order chi connectivity index (χ0) is 19.2. The predicted octanol–water partition coefficient (Wildman–Crippen LogP) is 1.94. The van der Waals surface area contributed by atoms with Crippen LogP contribution in [0, 0.1) is 5.82 Å². The Bertz CT molecular complexity index is 884. The van der Waals surface area contributed by atoms with Gasteiger partial charge in [-0.2, -0.15) is 0 Å². The lowest BCUT2D eigenvalue weighted by Gasteiger charge is -2.22. The van der Waals surface area contributed by atoms with Gasteiger partial charge in [-0.25, -0.2) is 17.5 Å². The Hall–Kier alpha value is -2.45. The number of nitrogens with zero attached hydrogens (tertiary/aromatic N) is 2. The van der Waals surface area contributed by atoms with Crippen molar-refractivity contribution in [1.29, 1.82) is 0 Å². The molecule has 0 radical (unpaired) electrons. The summed E-state index contributed by atoms with van der Waals surface area (Å²) in [6.07, 6.45) is 0. The highest BCUT2D eigenvalue weighted by Gasteiger charge is 2.12. The number of sulfonamides is 1. The summed E-state index contributed by atoms with van der Waals surface area (Å²) in [5, 5.41) is 3.18. The molecule has 8 heteroatoms. The molecular formula is C18H23FN4O2S. The minimum absolute atomic E-state index is 0.211. The number of aliphatic imine (C=N–C) groups is 1. The molecule has 2 aromatic carbocycles. The molecule has 2 N–H and O–H groups in total. The van der Waals surface area contributed by atoms with Gasteiger partial charge in [0, 0.05) is 27.2 Å². The van der Waals surface area contributed by atoms with Crippen LogP contribution in [0.15, 0.2) is 58.4 Å². The Morgan fingerprint density at radius 2 is 1.85 bits per heavy atom. The third kappa shape index (κ3) is 5.27. The van der Waals surface area contributed by atoms with Gasteiger partial charge in [0.15, 0.2) is 5.96 Å². The summed E-state index contributed by atoms with van der Waals surface area (Å²) in [7, 11) is 1.41. The first kappa shape index (κ1) is 19.9. The first-order chi connectivity index (χ1) is 12.4. The molecule has 2 rings (SSSR count). The second-order valence-electron chi connectivity index (χ2n) is 5.74. The molecular weight excluding hydrogens is 355 g/mol. The lowest BCUT2D eigenvalue weighted by Crippen LogP contribution is -2.38. The number of guanidine groups is 1. The average Bonchev–Trinajstić information content (AvgIpc) is 2.62. The van der Waals surface area contributed by atoms with Gasteiger partial charge < -0.3 is 10.2 Å². The van der Waals surface area contributed by atoms with E-state index in [1.165, 1.54) is 19.2 Å². The highest BCUT2D eigenvalue weighted by atomic mass is 32.2. The Balaban J connectivity index is 2.04. The molecule has 0 aromatic heterocycles. The van der Waals surface area contributed by atoms with Crippen LogP contribution < -0.4 is 10.0 Å². The van der Waals surface area contributed by atoms with E-state index in [-0.39, 0.29) is 10.7 Å². The summed E-state index contributed by atoms with van der Waals surface area (Å²) in [5.41, 5.74) is 1.64. The van der Waals surface area contributed by atoms with Crippen molar-refractivity contribution in [2.24, 2.45) is 4.99 Å². The second kappa shape index (κ2) is 8.77. The largest absolute Gasteiger partial charge is 0.352 e. The Morgan fingerprint density at radius 1 is 1.15 bits per heavy atom. The van der Waals surface area contributed by atoms with Gasteiger partial charge in [-0.05, 0) is 42.4 Å². The van der Waals surface area contributed by atoms with E-state index in [1.54, 1.807) is 31.3 Å². The van der Waals surface area contributed by atoms with Gasteiger partial charge in [0.1, 0.15) is 5.82 Å². The molecule has 0 aliphatic heterocycles. The molecule has 0 atom stereocenters. The van der Waals surface area contributed by atoms with Crippen molar-refractivity contribution in [1.82, 2.24) is 14.9 Å². The second-order valence-corrected chi connectivity index (χ2v) is 7.63. The van der Waals surface area contributed by atoms with Crippen LogP contribution in [0.5, 0.6) is 0 Å². The summed E-state index contributed by atoms with van der Waals surface area (Å²) in [4.78, 5) is 6.29. The van der Waals surface area contributed by atoms with Gasteiger partial charge in [-0.15, -0.1) is 0 Å². The van der Waals surface area contributed by atoms with Gasteiger partial charge in [0.2, 0.25) is 10.0 Å². The first-order valence-electron chi connectivity index (χ1n) is 8.04. The molecule has 0 saturated heterocycles. The molecule has 0 saturated carbocycles. The highest BCUT2D eigenvalue weighted by molar-refractivity contribution is 7.89. The zero-order valence-electron chi connectivity index (χ0n) is 15.0. The fourth-order valence-corrected chi connectivity index (χ4v) is 3.29. The van der Waals surface area contributed by atoms with Crippen LogP contribution in [0.4, 0.5) is 4.39 Å². The molecule has 6 nitrogen and oxygen atoms in total. The molecule has 0 spiro atoms. The van der Waals surface area contributed by atoms with Crippen molar-refractivity contribution >= 4 is 16.0 Å². The topological polar surface area (TPSA) is 73.8 Å². The van der Waals surface area contributed by atoms with E-state index in [0.29, 0.717) is 19.0 Å². The van der Waals surface area contributed by atoms with Crippen LogP contribution in [0.3, 0.4) is 0 Å². The van der Waals surface area contributed by atoms with Crippen molar-refractivity contribution in [2.45, 2.75) is 18.0 Å². The average molecular weight is 378 g/mol. The summed E-state index contributed by atoms with van der Waals surface area (Å²) in [5.74, 6) is 0.345. The van der Waals surface area contributed by atoms with E-state index >= 15 is 0 Å². The van der Waals surface area contributed by atoms with Crippen molar-refractivity contribution in [2.75, 3.05) is 21.1 Å². The fraction of sp³-hybridized carbons (Fsp3) is 0.278. The Kier molecular flexibility index (Phi) is 6.70. The molecule has 140 valence electrons. The zero-order valence-corrected chi connectivity index (χ0v) is 15.8. The van der Waals surface area contributed by atoms with E-state index in [1.807, 2.05) is 24.1 Å². The van der Waals surface area contributed by atoms with Gasteiger partial charge in [-0.3, -0.25) is 4.99 Å². The minimum Gasteiger partial charge on any atom is -0.352 e. The number of halogens is 1. The molecule has 0 aliphatic rings. The van der Waals surface area contributed by atoms with Crippen LogP contribution in [-0.4, -0.2) is 40.4 Å². The van der Waals surface area contributed by atoms with Crippen LogP contribution in [-0.2, 0) is 23.1 Å². The fourth-order valence-electron chi connectivity index (χ4n) is 2.49. The normalized spacial score (nSPS) is 12.1. The number of nitrogens with one attached hydrogen (secondary N) is 2. The summed E-state index contributed by atoms with van der Waals surface area (Å²) < 4.78 is 39.4. The molecule has 2 aromatic rings. The summed E-state index contributed by atoms with van der Waals surface area (Å²) >= 11 is 0. The van der Waals surface area contributed by atoms with Crippen LogP contribution in [0.2, 0.25) is 0 Å². The number of hydrogen-bond acceptors (Lipinski definition) is 3. The molecule has 0 fully saturated rings. The van der Waals surface area contributed by atoms with Gasteiger partial charge in [0.25, 0.3) is 0 Å². The van der Waals surface area contributed by atoms with E-state index in [2.05, 4.69) is 15.0 Å². The van der Waals surface area contributed by atoms with Crippen molar-refractivity contribution in [3.05, 3.63) is 65.5 Å². The monoisotopic (exact) mass is 378 g/mol. The lowest BCUT2D eigenvalue weighted by atomic mass is 10.2. The maximum absolute atomic E-state index is 13.3. The first-order valence-corrected chi connectivity index (χ1v) is 9.52. The van der Waals surface area contributed by atoms with Crippen LogP contribution in [0.25, 0.3) is 0 Å². The van der Waals surface area contributed by atoms with Crippen molar-refractivity contribution < 1.29 is 12.8 Å². The van der Waals surface area contributed by atoms with Gasteiger partial charge in [-0.1, -0.05) is 24.3 Å². The van der Waals surface area contributed by atoms with Crippen LogP contribution in [0.1, 0.15) is 11.1 Å². The molecule has 0 unspecified atom stereocenters. The van der Waals surface area contributed by atoms with Crippen molar-refractivity contribution in [3.8, 4) is 0 Å². The minimum atomic E-state index is -3.48. The molecule has 0 bridgehead atoms. The van der Waals surface area contributed by atoms with Gasteiger partial charge in [0.05, 0.1) is 4.90 Å². The predicted molar refractivity (Wildman–Crippen MR) is 101 cm³/mol. The van der Waals surface area contributed by atoms with Gasteiger partial charge >= 0.3 is 0 Å². The number of benzene rings is 2. The molecule has 26 heavy (non-hydrogen) atoms. The SMILES string of the molecule is CN=C(NCc1cccc(S(=O)(=O)NC)c1)N(C)Cc1cccc(F)c1. The maximum atomic E-state index is 13.3. The standard InChI is InChI=1S/C18H23FN4O2S/c1-20-18(23(3)13-15-7-4-8-16(19)10-15)22-12-14-6-5-9-17(11-14)26(24,25)21-2/h4-11,21H,12-13H2,1-3H3,(H,20,22). The molecule has 0 heterocycles. The maximum Gasteiger partial charge on any atom is 0.240 e. The van der Waals surface area contributed by atoms with E-state index in [4.69, 9.17) is 0 Å². The van der Waals surface area contributed by atoms with Crippen LogP contribution >= 0.6 is 0 Å². The molecule has 0 aliphatic carbocycles.